The molecule has 4 rings (SSSR count). The van der Waals surface area contributed by atoms with Crippen LogP contribution in [0.15, 0.2) is 65.2 Å². The van der Waals surface area contributed by atoms with Crippen molar-refractivity contribution in [2.24, 2.45) is 0 Å². The molecule has 7 nitrogen and oxygen atoms in total. The van der Waals surface area contributed by atoms with Crippen molar-refractivity contribution in [3.8, 4) is 23.1 Å². The molecule has 0 saturated heterocycles. The second-order valence-electron chi connectivity index (χ2n) is 6.29. The molecule has 0 radical (unpaired) electrons. The second kappa shape index (κ2) is 7.82. The van der Waals surface area contributed by atoms with Gasteiger partial charge in [-0.05, 0) is 37.3 Å². The van der Waals surface area contributed by atoms with E-state index in [0.717, 1.165) is 5.56 Å². The molecular weight excluding hydrogens is 368 g/mol. The van der Waals surface area contributed by atoms with Gasteiger partial charge in [0.1, 0.15) is 11.8 Å². The normalized spacial score (nSPS) is 10.5. The van der Waals surface area contributed by atoms with Crippen molar-refractivity contribution in [2.45, 2.75) is 6.92 Å². The zero-order valence-corrected chi connectivity index (χ0v) is 15.5. The number of hydrogen-bond donors (Lipinski definition) is 1. The quantitative estimate of drug-likeness (QED) is 0.549. The number of carbonyl (C=O) groups excluding carboxylic acids is 1. The van der Waals surface area contributed by atoms with Gasteiger partial charge in [-0.1, -0.05) is 35.5 Å². The lowest BCUT2D eigenvalue weighted by Gasteiger charge is -2.09. The topological polar surface area (TPSA) is 101 Å². The highest BCUT2D eigenvalue weighted by Gasteiger charge is 2.19. The molecule has 4 aromatic rings. The van der Waals surface area contributed by atoms with Crippen LogP contribution in [0.25, 0.3) is 22.4 Å². The summed E-state index contributed by atoms with van der Waals surface area (Å²) in [4.78, 5) is 17.5. The number of aromatic nitrogens is 2. The van der Waals surface area contributed by atoms with Crippen LogP contribution < -0.4 is 10.1 Å². The second-order valence-corrected chi connectivity index (χ2v) is 6.29. The molecule has 0 saturated carbocycles. The fraction of sp³-hybridized carbons (Fsp3) is 0.0909. The Kier molecular flexibility index (Phi) is 4.91. The Balaban J connectivity index is 1.68. The van der Waals surface area contributed by atoms with Crippen LogP contribution in [0, 0.1) is 18.3 Å². The summed E-state index contributed by atoms with van der Waals surface area (Å²) in [5, 5.41) is 16.0. The number of ether oxygens (including phenoxy) is 1. The Bertz CT molecular complexity index is 1210. The van der Waals surface area contributed by atoms with Crippen LogP contribution >= 0.6 is 0 Å². The lowest BCUT2D eigenvalue weighted by Crippen LogP contribution is -2.13. The largest absolute Gasteiger partial charge is 0.479 e. The van der Waals surface area contributed by atoms with Crippen LogP contribution in [-0.4, -0.2) is 22.7 Å². The fourth-order valence-corrected chi connectivity index (χ4v) is 2.98. The molecule has 0 aliphatic heterocycles. The van der Waals surface area contributed by atoms with Crippen molar-refractivity contribution in [1.29, 1.82) is 5.26 Å². The molecule has 142 valence electrons. The van der Waals surface area contributed by atoms with Crippen molar-refractivity contribution >= 4 is 22.7 Å². The summed E-state index contributed by atoms with van der Waals surface area (Å²) < 4.78 is 10.5. The van der Waals surface area contributed by atoms with Gasteiger partial charge in [0.05, 0.1) is 22.3 Å². The minimum absolute atomic E-state index is 0.0320. The number of anilines is 1. The van der Waals surface area contributed by atoms with E-state index in [-0.39, 0.29) is 12.5 Å². The predicted molar refractivity (Wildman–Crippen MR) is 107 cm³/mol. The predicted octanol–water partition coefficient (Wildman–Crippen LogP) is 4.35. The van der Waals surface area contributed by atoms with E-state index < -0.39 is 0 Å². The minimum Gasteiger partial charge on any atom is -0.479 e. The minimum atomic E-state index is -0.299. The molecule has 0 spiro atoms. The smallest absolute Gasteiger partial charge is 0.259 e. The number of carbonyl (C=O) groups is 1. The molecular formula is C22H16N4O3. The van der Waals surface area contributed by atoms with Crippen LogP contribution in [-0.2, 0) is 0 Å². The monoisotopic (exact) mass is 384 g/mol. The Morgan fingerprint density at radius 3 is 2.66 bits per heavy atom. The highest BCUT2D eigenvalue weighted by atomic mass is 16.5. The molecule has 7 heteroatoms. The Hall–Kier alpha value is -4.18. The van der Waals surface area contributed by atoms with E-state index in [2.05, 4.69) is 15.5 Å². The van der Waals surface area contributed by atoms with Gasteiger partial charge in [-0.3, -0.25) is 4.79 Å². The number of hydrogen-bond acceptors (Lipinski definition) is 6. The van der Waals surface area contributed by atoms with E-state index in [1.165, 1.54) is 0 Å². The summed E-state index contributed by atoms with van der Waals surface area (Å²) in [6, 6.07) is 20.0. The van der Waals surface area contributed by atoms with Crippen LogP contribution in [0.2, 0.25) is 0 Å². The van der Waals surface area contributed by atoms with Crippen LogP contribution in [0.4, 0.5) is 5.69 Å². The fourth-order valence-electron chi connectivity index (χ4n) is 2.98. The summed E-state index contributed by atoms with van der Waals surface area (Å²) in [5.41, 5.74) is 3.43. The molecule has 0 aliphatic carbocycles. The molecule has 2 aromatic heterocycles. The number of nitriles is 1. The lowest BCUT2D eigenvalue weighted by atomic mass is 10.0. The zero-order chi connectivity index (χ0) is 20.2. The SMILES string of the molecule is Cc1noc2nc(-c3ccccc3)cc(C(=O)Nc3ccc(OCC#N)cc3)c12. The maximum atomic E-state index is 13.0. The first-order valence-corrected chi connectivity index (χ1v) is 8.89. The highest BCUT2D eigenvalue weighted by molar-refractivity contribution is 6.13. The van der Waals surface area contributed by atoms with Gasteiger partial charge in [-0.25, -0.2) is 4.98 Å². The maximum Gasteiger partial charge on any atom is 0.259 e. The van der Waals surface area contributed by atoms with Gasteiger partial charge in [-0.2, -0.15) is 5.26 Å². The van der Waals surface area contributed by atoms with Crippen molar-refractivity contribution in [2.75, 3.05) is 11.9 Å². The zero-order valence-electron chi connectivity index (χ0n) is 15.5. The Morgan fingerprint density at radius 2 is 1.93 bits per heavy atom. The molecule has 0 unspecified atom stereocenters. The van der Waals surface area contributed by atoms with Crippen molar-refractivity contribution in [3.63, 3.8) is 0 Å². The van der Waals surface area contributed by atoms with Gasteiger partial charge in [0.15, 0.2) is 6.61 Å². The van der Waals surface area contributed by atoms with E-state index in [4.69, 9.17) is 14.5 Å². The van der Waals surface area contributed by atoms with Crippen molar-refractivity contribution < 1.29 is 14.1 Å². The van der Waals surface area contributed by atoms with E-state index in [0.29, 0.717) is 39.5 Å². The maximum absolute atomic E-state index is 13.0. The highest BCUT2D eigenvalue weighted by Crippen LogP contribution is 2.28. The summed E-state index contributed by atoms with van der Waals surface area (Å²) in [7, 11) is 0. The third kappa shape index (κ3) is 3.77. The molecule has 2 heterocycles. The first-order valence-electron chi connectivity index (χ1n) is 8.89. The third-order valence-corrected chi connectivity index (χ3v) is 4.35. The van der Waals surface area contributed by atoms with Crippen LogP contribution in [0.3, 0.4) is 0 Å². The van der Waals surface area contributed by atoms with Crippen molar-refractivity contribution in [1.82, 2.24) is 10.1 Å². The first-order chi connectivity index (χ1) is 14.2. The van der Waals surface area contributed by atoms with Crippen molar-refractivity contribution in [3.05, 3.63) is 71.9 Å². The van der Waals surface area contributed by atoms with E-state index >= 15 is 0 Å². The summed E-state index contributed by atoms with van der Waals surface area (Å²) in [6.07, 6.45) is 0. The van der Waals surface area contributed by atoms with Crippen LogP contribution in [0.5, 0.6) is 5.75 Å². The summed E-state index contributed by atoms with van der Waals surface area (Å²) in [5.74, 6) is 0.253. The first kappa shape index (κ1) is 18.2. The van der Waals surface area contributed by atoms with E-state index in [9.17, 15) is 4.79 Å². The van der Waals surface area contributed by atoms with Gasteiger partial charge in [0, 0.05) is 11.3 Å². The Morgan fingerprint density at radius 1 is 1.17 bits per heavy atom. The number of pyridine rings is 1. The average Bonchev–Trinajstić information content (AvgIpc) is 3.14. The van der Waals surface area contributed by atoms with Crippen LogP contribution in [0.1, 0.15) is 16.1 Å². The number of aryl methyl sites for hydroxylation is 1. The number of amides is 1. The number of benzene rings is 2. The Labute approximate surface area is 166 Å². The molecule has 2 aromatic carbocycles. The molecule has 0 atom stereocenters. The van der Waals surface area contributed by atoms with Gasteiger partial charge in [0.25, 0.3) is 11.6 Å². The molecule has 1 N–H and O–H groups in total. The van der Waals surface area contributed by atoms with Gasteiger partial charge >= 0.3 is 0 Å². The number of rotatable bonds is 5. The van der Waals surface area contributed by atoms with Gasteiger partial charge in [0.2, 0.25) is 0 Å². The lowest BCUT2D eigenvalue weighted by molar-refractivity contribution is 0.102. The molecule has 0 fully saturated rings. The molecule has 0 bridgehead atoms. The summed E-state index contributed by atoms with van der Waals surface area (Å²) in [6.45, 7) is 1.74. The van der Waals surface area contributed by atoms with Gasteiger partial charge in [-0.15, -0.1) is 0 Å². The third-order valence-electron chi connectivity index (χ3n) is 4.35. The molecule has 29 heavy (non-hydrogen) atoms. The number of nitrogens with zero attached hydrogens (tertiary/aromatic N) is 3. The van der Waals surface area contributed by atoms with Gasteiger partial charge < -0.3 is 14.6 Å². The molecule has 0 aliphatic rings. The average molecular weight is 384 g/mol. The van der Waals surface area contributed by atoms with E-state index in [1.807, 2.05) is 36.4 Å². The number of nitrogens with one attached hydrogen (secondary N) is 1. The standard InChI is InChI=1S/C22H16N4O3/c1-14-20-18(21(27)24-16-7-9-17(10-8-16)28-12-11-23)13-19(25-22(20)29-26-14)15-5-3-2-4-6-15/h2-10,13H,12H2,1H3,(H,24,27). The molecule has 1 amide bonds. The van der Waals surface area contributed by atoms with E-state index in [1.54, 1.807) is 37.3 Å². The number of fused-ring (bicyclic) bond motifs is 1. The summed E-state index contributed by atoms with van der Waals surface area (Å²) >= 11 is 0.